The van der Waals surface area contributed by atoms with Gasteiger partial charge in [0.25, 0.3) is 0 Å². The highest BCUT2D eigenvalue weighted by Gasteiger charge is 2.29. The molecular weight excluding hydrogens is 901 g/mol. The molecule has 2 heterocycles. The van der Waals surface area contributed by atoms with Gasteiger partial charge in [-0.3, -0.25) is 0 Å². The third-order valence-corrected chi connectivity index (χ3v) is 15.3. The summed E-state index contributed by atoms with van der Waals surface area (Å²) in [7, 11) is 0. The fraction of sp³-hybridized carbons (Fsp3) is 0.0857. The fourth-order valence-corrected chi connectivity index (χ4v) is 12.0. The van der Waals surface area contributed by atoms with E-state index in [1.807, 2.05) is 0 Å². The van der Waals surface area contributed by atoms with Gasteiger partial charge in [0.2, 0.25) is 0 Å². The second kappa shape index (κ2) is 17.3. The van der Waals surface area contributed by atoms with Crippen LogP contribution in [-0.2, 0) is 0 Å². The molecule has 0 saturated heterocycles. The number of hydrogen-bond donors (Lipinski definition) is 0. The molecule has 0 aliphatic rings. The number of fused-ring (bicyclic) bond motifs is 6. The van der Waals surface area contributed by atoms with Gasteiger partial charge in [0.15, 0.2) is 11.2 Å². The van der Waals surface area contributed by atoms with Gasteiger partial charge in [0.05, 0.1) is 22.7 Å². The second-order valence-corrected chi connectivity index (χ2v) is 20.3. The normalized spacial score (nSPS) is 12.0. The van der Waals surface area contributed by atoms with Crippen molar-refractivity contribution in [1.29, 1.82) is 0 Å². The summed E-state index contributed by atoms with van der Waals surface area (Å²) in [5, 5.41) is 11.8. The van der Waals surface area contributed by atoms with Crippen LogP contribution in [0, 0.1) is 0 Å². The molecule has 4 nitrogen and oxygen atoms in total. The number of rotatable bonds is 10. The molecule has 0 atom stereocenters. The highest BCUT2D eigenvalue weighted by molar-refractivity contribution is 6.30. The van der Waals surface area contributed by atoms with Crippen LogP contribution in [0.5, 0.6) is 0 Å². The van der Waals surface area contributed by atoms with Crippen LogP contribution in [0.1, 0.15) is 50.7 Å². The molecule has 2 aromatic heterocycles. The first-order valence-corrected chi connectivity index (χ1v) is 25.9. The molecular formula is C70H52N2O2. The van der Waals surface area contributed by atoms with E-state index in [1.165, 1.54) is 43.4 Å². The third-order valence-electron chi connectivity index (χ3n) is 15.3. The zero-order valence-electron chi connectivity index (χ0n) is 41.8. The molecule has 0 aliphatic heterocycles. The molecule has 74 heavy (non-hydrogen) atoms. The molecule has 0 aliphatic carbocycles. The molecule has 4 heteroatoms. The molecule has 12 aromatic carbocycles. The first kappa shape index (κ1) is 43.7. The highest BCUT2D eigenvalue weighted by atomic mass is 16.3. The van der Waals surface area contributed by atoms with E-state index in [2.05, 4.69) is 268 Å². The number of benzene rings is 12. The van der Waals surface area contributed by atoms with E-state index in [0.29, 0.717) is 0 Å². The maximum atomic E-state index is 7.19. The highest BCUT2D eigenvalue weighted by Crippen LogP contribution is 2.53. The fourth-order valence-electron chi connectivity index (χ4n) is 12.0. The predicted molar refractivity (Wildman–Crippen MR) is 313 cm³/mol. The number of hydrogen-bond acceptors (Lipinski definition) is 4. The Bertz CT molecular complexity index is 4130. The first-order valence-electron chi connectivity index (χ1n) is 25.9. The summed E-state index contributed by atoms with van der Waals surface area (Å²) in [4.78, 5) is 4.88. The second-order valence-electron chi connectivity index (χ2n) is 20.3. The van der Waals surface area contributed by atoms with Crippen molar-refractivity contribution in [3.8, 4) is 22.3 Å². The Labute approximate surface area is 430 Å². The topological polar surface area (TPSA) is 32.8 Å². The van der Waals surface area contributed by atoms with Crippen LogP contribution in [0.25, 0.3) is 98.4 Å². The zero-order valence-corrected chi connectivity index (χ0v) is 41.8. The molecule has 0 N–H and O–H groups in total. The minimum atomic E-state index is 0.225. The van der Waals surface area contributed by atoms with Crippen molar-refractivity contribution in [2.45, 2.75) is 39.5 Å². The first-order chi connectivity index (χ1) is 36.4. The van der Waals surface area contributed by atoms with E-state index in [9.17, 15) is 0 Å². The summed E-state index contributed by atoms with van der Waals surface area (Å²) in [6.07, 6.45) is 0. The number of nitrogens with zero attached hydrogens (tertiary/aromatic N) is 2. The number of anilines is 6. The Morgan fingerprint density at radius 1 is 0.284 bits per heavy atom. The van der Waals surface area contributed by atoms with Crippen molar-refractivity contribution in [2.24, 2.45) is 0 Å². The van der Waals surface area contributed by atoms with Crippen LogP contribution in [-0.4, -0.2) is 0 Å². The molecule has 0 fully saturated rings. The van der Waals surface area contributed by atoms with Crippen LogP contribution in [0.15, 0.2) is 239 Å². The standard InChI is InChI=1S/C70H52N2O2/c1-43(2)59-41-63(71(47-25-13-7-14-26-47)61-35-19-33-55-53-31-17-29-49(67(53)73-69(55)61)45-21-9-5-10-22-45)57-40-38-52-60(44(3)4)42-64(58-39-37-51(59)65(57)66(52)58)72(48-27-15-8-16-28-48)62-36-20-34-56-54-32-18-30-50(68(54)74-70(56)62)46-23-11-6-12-24-46/h5-44H,1-4H3. The molecule has 14 aromatic rings. The van der Waals surface area contributed by atoms with Crippen molar-refractivity contribution in [1.82, 2.24) is 0 Å². The van der Waals surface area contributed by atoms with E-state index in [0.717, 1.165) is 100 Å². The van der Waals surface area contributed by atoms with E-state index >= 15 is 0 Å². The summed E-state index contributed by atoms with van der Waals surface area (Å²) >= 11 is 0. The predicted octanol–water partition coefficient (Wildman–Crippen LogP) is 20.9. The lowest BCUT2D eigenvalue weighted by Gasteiger charge is -2.31. The van der Waals surface area contributed by atoms with Gasteiger partial charge in [0.1, 0.15) is 11.2 Å². The van der Waals surface area contributed by atoms with Gasteiger partial charge < -0.3 is 18.6 Å². The van der Waals surface area contributed by atoms with Crippen molar-refractivity contribution >= 4 is 110 Å². The number of furan rings is 2. The Balaban J connectivity index is 1.06. The van der Waals surface area contributed by atoms with Crippen molar-refractivity contribution in [2.75, 3.05) is 9.80 Å². The Morgan fingerprint density at radius 3 is 1.00 bits per heavy atom. The Morgan fingerprint density at radius 2 is 0.622 bits per heavy atom. The van der Waals surface area contributed by atoms with E-state index in [-0.39, 0.29) is 11.8 Å². The van der Waals surface area contributed by atoms with Gasteiger partial charge in [-0.2, -0.15) is 0 Å². The molecule has 354 valence electrons. The molecule has 0 unspecified atom stereocenters. The summed E-state index contributed by atoms with van der Waals surface area (Å²) < 4.78 is 14.4. The lowest BCUT2D eigenvalue weighted by Crippen LogP contribution is -2.13. The maximum Gasteiger partial charge on any atom is 0.159 e. The molecule has 0 amide bonds. The van der Waals surface area contributed by atoms with Gasteiger partial charge in [-0.1, -0.05) is 210 Å². The summed E-state index contributed by atoms with van der Waals surface area (Å²) in [5.74, 6) is 0.449. The maximum absolute atomic E-state index is 7.19. The van der Waals surface area contributed by atoms with Gasteiger partial charge in [-0.05, 0) is 104 Å². The summed E-state index contributed by atoms with van der Waals surface area (Å²) in [6.45, 7) is 9.31. The quantitative estimate of drug-likeness (QED) is 0.128. The van der Waals surface area contributed by atoms with Crippen molar-refractivity contribution < 1.29 is 8.83 Å². The molecule has 0 saturated carbocycles. The minimum absolute atomic E-state index is 0.225. The third kappa shape index (κ3) is 6.75. The molecule has 0 radical (unpaired) electrons. The van der Waals surface area contributed by atoms with Gasteiger partial charge in [0, 0.05) is 54.8 Å². The van der Waals surface area contributed by atoms with Gasteiger partial charge in [-0.15, -0.1) is 0 Å². The van der Waals surface area contributed by atoms with E-state index in [1.54, 1.807) is 0 Å². The summed E-state index contributed by atoms with van der Waals surface area (Å²) in [5.41, 5.74) is 16.8. The monoisotopic (exact) mass is 952 g/mol. The minimum Gasteiger partial charge on any atom is -0.453 e. The molecule has 0 spiro atoms. The van der Waals surface area contributed by atoms with Crippen molar-refractivity contribution in [3.63, 3.8) is 0 Å². The largest absolute Gasteiger partial charge is 0.453 e. The van der Waals surface area contributed by atoms with Crippen LogP contribution < -0.4 is 9.80 Å². The van der Waals surface area contributed by atoms with E-state index in [4.69, 9.17) is 8.83 Å². The van der Waals surface area contributed by atoms with Crippen LogP contribution >= 0.6 is 0 Å². The van der Waals surface area contributed by atoms with Crippen LogP contribution in [0.4, 0.5) is 34.1 Å². The Hall–Kier alpha value is -9.12. The molecule has 14 rings (SSSR count). The average Bonchev–Trinajstić information content (AvgIpc) is 4.04. The summed E-state index contributed by atoms with van der Waals surface area (Å²) in [6, 6.07) is 83.4. The zero-order chi connectivity index (χ0) is 49.6. The smallest absolute Gasteiger partial charge is 0.159 e. The van der Waals surface area contributed by atoms with Gasteiger partial charge in [-0.25, -0.2) is 0 Å². The number of para-hydroxylation sites is 6. The van der Waals surface area contributed by atoms with Crippen molar-refractivity contribution in [3.05, 3.63) is 242 Å². The average molecular weight is 953 g/mol. The van der Waals surface area contributed by atoms with Crippen LogP contribution in [0.2, 0.25) is 0 Å². The molecule has 0 bridgehead atoms. The van der Waals surface area contributed by atoms with Gasteiger partial charge >= 0.3 is 0 Å². The lowest BCUT2D eigenvalue weighted by molar-refractivity contribution is 0.670. The van der Waals surface area contributed by atoms with Crippen LogP contribution in [0.3, 0.4) is 0 Å². The Kier molecular flexibility index (Phi) is 10.2. The van der Waals surface area contributed by atoms with E-state index < -0.39 is 0 Å². The SMILES string of the molecule is CC(C)c1cc(N(c2ccccc2)c2cccc3c2oc2c(-c4ccccc4)cccc23)c2ccc3c(C(C)C)cc(N(c4ccccc4)c4cccc5c4oc4c(-c6ccccc6)cccc45)c4ccc1c2c34. The lowest BCUT2D eigenvalue weighted by atomic mass is 9.84.